The molecule has 1 aromatic carbocycles. The molecule has 0 heterocycles. The van der Waals surface area contributed by atoms with Gasteiger partial charge in [0.2, 0.25) is 0 Å². The fourth-order valence-electron chi connectivity index (χ4n) is 1.70. The number of hydrogen-bond acceptors (Lipinski definition) is 2. The fourth-order valence-corrected chi connectivity index (χ4v) is 1.70. The Morgan fingerprint density at radius 2 is 1.76 bits per heavy atom. The van der Waals surface area contributed by atoms with Crippen molar-refractivity contribution < 1.29 is 23.1 Å². The number of hydrogen-bond donors (Lipinski definition) is 0. The van der Waals surface area contributed by atoms with Crippen LogP contribution in [0.3, 0.4) is 0 Å². The van der Waals surface area contributed by atoms with Crippen molar-refractivity contribution >= 4 is 5.97 Å². The molecule has 1 atom stereocenters. The molecule has 1 aromatic rings. The Morgan fingerprint density at radius 1 is 1.24 bits per heavy atom. The third-order valence-corrected chi connectivity index (χ3v) is 2.52. The van der Waals surface area contributed by atoms with Crippen LogP contribution in [0.25, 0.3) is 0 Å². The molecule has 0 saturated heterocycles. The van der Waals surface area contributed by atoms with Gasteiger partial charge in [0, 0.05) is 11.4 Å². The van der Waals surface area contributed by atoms with Crippen LogP contribution in [0.1, 0.15) is 18.9 Å². The molecular weight excluding hydrogens is 233 g/mol. The summed E-state index contributed by atoms with van der Waals surface area (Å²) in [6.45, 7) is 1.06. The van der Waals surface area contributed by atoms with Crippen molar-refractivity contribution in [1.29, 1.82) is 0 Å². The highest BCUT2D eigenvalue weighted by Crippen LogP contribution is 2.35. The van der Waals surface area contributed by atoms with Gasteiger partial charge in [-0.15, -0.1) is 0 Å². The zero-order valence-corrected chi connectivity index (χ0v) is 9.25. The highest BCUT2D eigenvalue weighted by molar-refractivity contribution is 5.72. The topological polar surface area (TPSA) is 40.1 Å². The van der Waals surface area contributed by atoms with E-state index in [-0.39, 0.29) is 6.42 Å². The van der Waals surface area contributed by atoms with Crippen molar-refractivity contribution in [3.05, 3.63) is 35.9 Å². The van der Waals surface area contributed by atoms with Gasteiger partial charge in [-0.2, -0.15) is 13.2 Å². The molecule has 2 nitrogen and oxygen atoms in total. The maximum absolute atomic E-state index is 12.3. The summed E-state index contributed by atoms with van der Waals surface area (Å²) in [7, 11) is 0. The van der Waals surface area contributed by atoms with Gasteiger partial charge in [0.1, 0.15) is 0 Å². The first-order valence-corrected chi connectivity index (χ1v) is 5.05. The lowest BCUT2D eigenvalue weighted by molar-refractivity contribution is -0.323. The van der Waals surface area contributed by atoms with Gasteiger partial charge in [-0.25, -0.2) is 0 Å². The molecule has 0 bridgehead atoms. The molecule has 0 spiro atoms. The zero-order valence-electron chi connectivity index (χ0n) is 9.25. The maximum atomic E-state index is 12.3. The number of carbonyl (C=O) groups excluding carboxylic acids is 1. The van der Waals surface area contributed by atoms with Gasteiger partial charge in [0.15, 0.2) is 0 Å². The summed E-state index contributed by atoms with van der Waals surface area (Å²) in [6, 6.07) is 8.20. The third-order valence-electron chi connectivity index (χ3n) is 2.52. The zero-order chi connectivity index (χ0) is 13.1. The van der Waals surface area contributed by atoms with E-state index >= 15 is 0 Å². The average Bonchev–Trinajstić information content (AvgIpc) is 2.15. The highest BCUT2D eigenvalue weighted by Gasteiger charge is 2.40. The molecule has 0 saturated carbocycles. The van der Waals surface area contributed by atoms with Crippen LogP contribution >= 0.6 is 0 Å². The minimum absolute atomic E-state index is 0.199. The number of carboxylic acid groups (broad SMARTS) is 1. The smallest absolute Gasteiger partial charge is 0.390 e. The number of carboxylic acids is 1. The molecule has 0 radical (unpaired) electrons. The standard InChI is InChI=1S/C12H13F3O2/c1-11(10(16)17,8-12(13,14)15)7-9-5-3-2-4-6-9/h2-6H,7-8H2,1H3,(H,16,17)/p-1/t11-/m0/s1. The van der Waals surface area contributed by atoms with Gasteiger partial charge in [-0.1, -0.05) is 37.3 Å². The summed E-state index contributed by atoms with van der Waals surface area (Å²) in [5.41, 5.74) is -1.39. The van der Waals surface area contributed by atoms with E-state index in [0.29, 0.717) is 5.56 Å². The lowest BCUT2D eigenvalue weighted by Crippen LogP contribution is -2.44. The lowest BCUT2D eigenvalue weighted by atomic mass is 9.80. The van der Waals surface area contributed by atoms with Crippen LogP contribution in [0.15, 0.2) is 30.3 Å². The highest BCUT2D eigenvalue weighted by atomic mass is 19.4. The number of alkyl halides is 3. The number of halogens is 3. The second kappa shape index (κ2) is 4.77. The van der Waals surface area contributed by atoms with E-state index in [2.05, 4.69) is 0 Å². The van der Waals surface area contributed by atoms with Gasteiger partial charge in [0.05, 0.1) is 6.42 Å². The molecule has 0 unspecified atom stereocenters. The summed E-state index contributed by atoms with van der Waals surface area (Å²) in [4.78, 5) is 10.9. The molecule has 17 heavy (non-hydrogen) atoms. The summed E-state index contributed by atoms with van der Waals surface area (Å²) >= 11 is 0. The lowest BCUT2D eigenvalue weighted by Gasteiger charge is -2.31. The first-order chi connectivity index (χ1) is 7.73. The van der Waals surface area contributed by atoms with E-state index in [0.717, 1.165) is 6.92 Å². The van der Waals surface area contributed by atoms with Crippen LogP contribution in [-0.4, -0.2) is 12.1 Å². The van der Waals surface area contributed by atoms with Gasteiger partial charge >= 0.3 is 6.18 Å². The van der Waals surface area contributed by atoms with E-state index in [1.807, 2.05) is 0 Å². The molecule has 94 valence electrons. The van der Waals surface area contributed by atoms with Gasteiger partial charge in [0.25, 0.3) is 0 Å². The van der Waals surface area contributed by atoms with Crippen LogP contribution in [-0.2, 0) is 11.2 Å². The van der Waals surface area contributed by atoms with Gasteiger partial charge in [-0.05, 0) is 12.0 Å². The predicted octanol–water partition coefficient (Wildman–Crippen LogP) is 1.94. The monoisotopic (exact) mass is 245 g/mol. The SMILES string of the molecule is C[C@](Cc1ccccc1)(CC(F)(F)F)C(=O)[O-]. The van der Waals surface area contributed by atoms with Crippen LogP contribution in [0.5, 0.6) is 0 Å². The summed E-state index contributed by atoms with van der Waals surface area (Å²) < 4.78 is 37.0. The average molecular weight is 245 g/mol. The maximum Gasteiger partial charge on any atom is 0.390 e. The Labute approximate surface area is 97.1 Å². The molecule has 0 fully saturated rings. The Morgan fingerprint density at radius 3 is 2.18 bits per heavy atom. The molecule has 0 aliphatic carbocycles. The summed E-state index contributed by atoms with van der Waals surface area (Å²) in [6.07, 6.45) is -6.11. The van der Waals surface area contributed by atoms with E-state index in [1.54, 1.807) is 30.3 Å². The Kier molecular flexibility index (Phi) is 3.80. The van der Waals surface area contributed by atoms with Gasteiger partial charge < -0.3 is 9.90 Å². The normalized spacial score (nSPS) is 15.3. The van der Waals surface area contributed by atoms with E-state index in [9.17, 15) is 23.1 Å². The first-order valence-electron chi connectivity index (χ1n) is 5.05. The predicted molar refractivity (Wildman–Crippen MR) is 53.9 cm³/mol. The van der Waals surface area contributed by atoms with Crippen molar-refractivity contribution in [3.63, 3.8) is 0 Å². The molecular formula is C12H12F3O2-. The Hall–Kier alpha value is -1.52. The minimum Gasteiger partial charge on any atom is -0.550 e. The van der Waals surface area contributed by atoms with Crippen LogP contribution in [0, 0.1) is 5.41 Å². The number of aliphatic carboxylic acids is 1. The molecule has 0 amide bonds. The fraction of sp³-hybridized carbons (Fsp3) is 0.417. The van der Waals surface area contributed by atoms with Crippen molar-refractivity contribution in [3.8, 4) is 0 Å². The van der Waals surface area contributed by atoms with E-state index < -0.39 is 24.0 Å². The van der Waals surface area contributed by atoms with Crippen molar-refractivity contribution in [1.82, 2.24) is 0 Å². The summed E-state index contributed by atoms with van der Waals surface area (Å²) in [5.74, 6) is -1.68. The second-order valence-corrected chi connectivity index (χ2v) is 4.30. The molecule has 5 heteroatoms. The van der Waals surface area contributed by atoms with Crippen molar-refractivity contribution in [2.75, 3.05) is 0 Å². The summed E-state index contributed by atoms with van der Waals surface area (Å²) in [5, 5.41) is 10.9. The van der Waals surface area contributed by atoms with E-state index in [4.69, 9.17) is 0 Å². The number of carbonyl (C=O) groups is 1. The number of benzene rings is 1. The van der Waals surface area contributed by atoms with Crippen molar-refractivity contribution in [2.24, 2.45) is 5.41 Å². The Bertz CT molecular complexity index is 386. The Balaban J connectivity index is 2.90. The number of rotatable bonds is 4. The molecule has 0 aromatic heterocycles. The van der Waals surface area contributed by atoms with Crippen molar-refractivity contribution in [2.45, 2.75) is 25.9 Å². The second-order valence-electron chi connectivity index (χ2n) is 4.30. The quantitative estimate of drug-likeness (QED) is 0.813. The molecule has 0 aliphatic heterocycles. The molecule has 0 aliphatic rings. The molecule has 1 rings (SSSR count). The first kappa shape index (κ1) is 13.5. The van der Waals surface area contributed by atoms with Crippen LogP contribution < -0.4 is 5.11 Å². The largest absolute Gasteiger partial charge is 0.550 e. The van der Waals surface area contributed by atoms with E-state index in [1.165, 1.54) is 0 Å². The van der Waals surface area contributed by atoms with Gasteiger partial charge in [-0.3, -0.25) is 0 Å². The van der Waals surface area contributed by atoms with Crippen LogP contribution in [0.4, 0.5) is 13.2 Å². The third kappa shape index (κ3) is 4.09. The minimum atomic E-state index is -4.52. The van der Waals surface area contributed by atoms with Crippen LogP contribution in [0.2, 0.25) is 0 Å². The molecule has 0 N–H and O–H groups in total.